The van der Waals surface area contributed by atoms with E-state index in [4.69, 9.17) is 9.47 Å². The zero-order valence-corrected chi connectivity index (χ0v) is 17.4. The molecule has 1 aromatic heterocycles. The third-order valence-electron chi connectivity index (χ3n) is 5.81. The zero-order valence-electron chi connectivity index (χ0n) is 17.4. The van der Waals surface area contributed by atoms with E-state index in [1.807, 2.05) is 24.3 Å². The van der Waals surface area contributed by atoms with Gasteiger partial charge < -0.3 is 24.4 Å². The number of aromatic nitrogens is 2. The van der Waals surface area contributed by atoms with Crippen LogP contribution in [0.1, 0.15) is 36.5 Å². The van der Waals surface area contributed by atoms with Crippen LogP contribution in [0.2, 0.25) is 0 Å². The average Bonchev–Trinajstić information content (AvgIpc) is 3.41. The second kappa shape index (κ2) is 9.59. The van der Waals surface area contributed by atoms with Crippen LogP contribution in [-0.2, 0) is 4.74 Å². The minimum atomic E-state index is -0.927. The van der Waals surface area contributed by atoms with E-state index in [9.17, 15) is 9.90 Å². The molecule has 2 saturated heterocycles. The largest absolute Gasteiger partial charge is 0.494 e. The van der Waals surface area contributed by atoms with Gasteiger partial charge in [0.2, 0.25) is 0 Å². The summed E-state index contributed by atoms with van der Waals surface area (Å²) in [5.74, 6) is 0.676. The van der Waals surface area contributed by atoms with Crippen molar-refractivity contribution in [3.05, 3.63) is 42.2 Å². The lowest BCUT2D eigenvalue weighted by Gasteiger charge is -2.29. The Labute approximate surface area is 177 Å². The van der Waals surface area contributed by atoms with Gasteiger partial charge in [0, 0.05) is 25.3 Å². The highest BCUT2D eigenvalue weighted by Gasteiger charge is 2.24. The van der Waals surface area contributed by atoms with Crippen LogP contribution in [-0.4, -0.2) is 82.3 Å². The van der Waals surface area contributed by atoms with Gasteiger partial charge in [0.25, 0.3) is 5.91 Å². The summed E-state index contributed by atoms with van der Waals surface area (Å²) in [4.78, 5) is 16.7. The molecule has 1 unspecified atom stereocenters. The summed E-state index contributed by atoms with van der Waals surface area (Å²) in [7, 11) is 0. The summed E-state index contributed by atoms with van der Waals surface area (Å²) >= 11 is 0. The normalized spacial score (nSPS) is 22.4. The van der Waals surface area contributed by atoms with Crippen LogP contribution in [0.25, 0.3) is 5.69 Å². The maximum Gasteiger partial charge on any atom is 0.257 e. The molecule has 0 saturated carbocycles. The third kappa shape index (κ3) is 5.00. The van der Waals surface area contributed by atoms with Crippen molar-refractivity contribution in [1.82, 2.24) is 19.6 Å². The molecule has 8 nitrogen and oxygen atoms in total. The van der Waals surface area contributed by atoms with E-state index < -0.39 is 6.29 Å². The number of aliphatic hydroxyl groups is 1. The van der Waals surface area contributed by atoms with E-state index in [1.54, 1.807) is 22.0 Å². The van der Waals surface area contributed by atoms with Gasteiger partial charge in [-0.1, -0.05) is 0 Å². The highest BCUT2D eigenvalue weighted by Crippen LogP contribution is 2.18. The van der Waals surface area contributed by atoms with Crippen molar-refractivity contribution in [3.8, 4) is 11.4 Å². The fourth-order valence-electron chi connectivity index (χ4n) is 4.05. The SMILES string of the molecule is C[C@@H]1CCCN1CCCOc1ccc(-n2cc(C(=O)N3CCOC(O)C3)cn2)cc1. The van der Waals surface area contributed by atoms with E-state index in [2.05, 4.69) is 16.9 Å². The van der Waals surface area contributed by atoms with Crippen LogP contribution >= 0.6 is 0 Å². The average molecular weight is 415 g/mol. The number of carbonyl (C=O) groups is 1. The van der Waals surface area contributed by atoms with Crippen LogP contribution in [0.3, 0.4) is 0 Å². The first-order chi connectivity index (χ1) is 14.6. The molecule has 162 valence electrons. The molecule has 2 aliphatic heterocycles. The Morgan fingerprint density at radius 2 is 2.13 bits per heavy atom. The molecule has 8 heteroatoms. The number of nitrogens with zero attached hydrogens (tertiary/aromatic N) is 4. The first kappa shape index (κ1) is 20.8. The summed E-state index contributed by atoms with van der Waals surface area (Å²) < 4.78 is 12.6. The lowest BCUT2D eigenvalue weighted by Crippen LogP contribution is -2.45. The number of amides is 1. The molecule has 1 aromatic carbocycles. The first-order valence-electron chi connectivity index (χ1n) is 10.7. The van der Waals surface area contributed by atoms with Crippen molar-refractivity contribution in [1.29, 1.82) is 0 Å². The quantitative estimate of drug-likeness (QED) is 0.698. The number of hydrogen-bond acceptors (Lipinski definition) is 6. The Kier molecular flexibility index (Phi) is 6.66. The summed E-state index contributed by atoms with van der Waals surface area (Å²) in [6.07, 6.45) is 5.96. The molecule has 1 N–H and O–H groups in total. The molecule has 0 radical (unpaired) electrons. The number of hydrogen-bond donors (Lipinski definition) is 1. The van der Waals surface area contributed by atoms with Gasteiger partial charge in [-0.2, -0.15) is 5.10 Å². The molecule has 2 atom stereocenters. The third-order valence-corrected chi connectivity index (χ3v) is 5.81. The van der Waals surface area contributed by atoms with Crippen LogP contribution < -0.4 is 4.74 Å². The number of likely N-dealkylation sites (tertiary alicyclic amines) is 1. The van der Waals surface area contributed by atoms with Gasteiger partial charge in [0.05, 0.1) is 37.2 Å². The maximum atomic E-state index is 12.6. The number of ether oxygens (including phenoxy) is 2. The Hall–Kier alpha value is -2.42. The van der Waals surface area contributed by atoms with Gasteiger partial charge in [-0.05, 0) is 57.0 Å². The van der Waals surface area contributed by atoms with E-state index in [0.717, 1.165) is 24.4 Å². The Morgan fingerprint density at radius 1 is 1.30 bits per heavy atom. The number of aliphatic hydroxyl groups excluding tert-OH is 1. The zero-order chi connectivity index (χ0) is 20.9. The van der Waals surface area contributed by atoms with Gasteiger partial charge in [0.1, 0.15) is 5.75 Å². The van der Waals surface area contributed by atoms with Crippen molar-refractivity contribution in [2.24, 2.45) is 0 Å². The van der Waals surface area contributed by atoms with E-state index in [1.165, 1.54) is 19.4 Å². The molecule has 0 aliphatic carbocycles. The van der Waals surface area contributed by atoms with Crippen LogP contribution in [0, 0.1) is 0 Å². The lowest BCUT2D eigenvalue weighted by molar-refractivity contribution is -0.137. The number of carbonyl (C=O) groups excluding carboxylic acids is 1. The number of benzene rings is 1. The van der Waals surface area contributed by atoms with E-state index >= 15 is 0 Å². The van der Waals surface area contributed by atoms with Gasteiger partial charge in [-0.3, -0.25) is 4.79 Å². The second-order valence-electron chi connectivity index (χ2n) is 7.97. The lowest BCUT2D eigenvalue weighted by atomic mass is 10.2. The highest BCUT2D eigenvalue weighted by atomic mass is 16.6. The van der Waals surface area contributed by atoms with E-state index in [-0.39, 0.29) is 12.5 Å². The fourth-order valence-corrected chi connectivity index (χ4v) is 4.05. The molecule has 4 rings (SSSR count). The monoisotopic (exact) mass is 414 g/mol. The fraction of sp³-hybridized carbons (Fsp3) is 0.545. The molecule has 2 aromatic rings. The van der Waals surface area contributed by atoms with Gasteiger partial charge in [0.15, 0.2) is 6.29 Å². The van der Waals surface area contributed by atoms with Crippen LogP contribution in [0.5, 0.6) is 5.75 Å². The molecule has 0 bridgehead atoms. The molecule has 30 heavy (non-hydrogen) atoms. The topological polar surface area (TPSA) is 80.1 Å². The Bertz CT molecular complexity index is 838. The molecule has 0 spiro atoms. The van der Waals surface area contributed by atoms with Crippen LogP contribution in [0.15, 0.2) is 36.7 Å². The number of rotatable bonds is 7. The van der Waals surface area contributed by atoms with Crippen molar-refractivity contribution in [2.45, 2.75) is 38.5 Å². The predicted octanol–water partition coefficient (Wildman–Crippen LogP) is 1.92. The summed E-state index contributed by atoms with van der Waals surface area (Å²) in [6.45, 7) is 6.26. The number of morpholine rings is 1. The second-order valence-corrected chi connectivity index (χ2v) is 7.97. The summed E-state index contributed by atoms with van der Waals surface area (Å²) in [5.41, 5.74) is 1.34. The molecule has 2 aliphatic rings. The van der Waals surface area contributed by atoms with Gasteiger partial charge in [-0.15, -0.1) is 0 Å². The Balaban J connectivity index is 1.28. The summed E-state index contributed by atoms with van der Waals surface area (Å²) in [6, 6.07) is 8.41. The molecule has 3 heterocycles. The van der Waals surface area contributed by atoms with Crippen molar-refractivity contribution in [3.63, 3.8) is 0 Å². The van der Waals surface area contributed by atoms with Crippen molar-refractivity contribution in [2.75, 3.05) is 39.4 Å². The standard InChI is InChI=1S/C22H30N4O4/c1-17-4-2-9-24(17)10-3-12-29-20-7-5-19(6-8-20)26-15-18(14-23-26)22(28)25-11-13-30-21(27)16-25/h5-8,14-15,17,21,27H,2-4,9-13,16H2,1H3/t17-,21?/m1/s1. The minimum absolute atomic E-state index is 0.157. The van der Waals surface area contributed by atoms with Gasteiger partial charge in [-0.25, -0.2) is 4.68 Å². The van der Waals surface area contributed by atoms with E-state index in [0.29, 0.717) is 31.4 Å². The van der Waals surface area contributed by atoms with Crippen molar-refractivity contribution >= 4 is 5.91 Å². The smallest absolute Gasteiger partial charge is 0.257 e. The summed E-state index contributed by atoms with van der Waals surface area (Å²) in [5, 5.41) is 13.9. The molecule has 2 fully saturated rings. The maximum absolute atomic E-state index is 12.6. The molecule has 1 amide bonds. The highest BCUT2D eigenvalue weighted by molar-refractivity contribution is 5.93. The predicted molar refractivity (Wildman–Crippen MR) is 112 cm³/mol. The number of β-amino-alcohol motifs (C(OH)–C–C–N with tert-alkyl or cyclic N) is 1. The van der Waals surface area contributed by atoms with Crippen LogP contribution in [0.4, 0.5) is 0 Å². The first-order valence-corrected chi connectivity index (χ1v) is 10.7. The minimum Gasteiger partial charge on any atom is -0.494 e. The Morgan fingerprint density at radius 3 is 2.87 bits per heavy atom. The molecular formula is C22H30N4O4. The van der Waals surface area contributed by atoms with Gasteiger partial charge >= 0.3 is 0 Å². The van der Waals surface area contributed by atoms with Crippen molar-refractivity contribution < 1.29 is 19.4 Å². The molecular weight excluding hydrogens is 384 g/mol.